The minimum Gasteiger partial charge on any atom is -0.507 e. The predicted octanol–water partition coefficient (Wildman–Crippen LogP) is 2.03. The molecule has 1 N–H and O–H groups in total. The number of hydrogen-bond acceptors (Lipinski definition) is 3. The van der Waals surface area contributed by atoms with Crippen molar-refractivity contribution in [1.29, 1.82) is 0 Å². The van der Waals surface area contributed by atoms with Gasteiger partial charge in [0.1, 0.15) is 17.1 Å². The Labute approximate surface area is 111 Å². The molecule has 2 rings (SSSR count). The summed E-state index contributed by atoms with van der Waals surface area (Å²) in [6, 6.07) is 3.89. The summed E-state index contributed by atoms with van der Waals surface area (Å²) in [6.07, 6.45) is 1.87. The molecule has 1 atom stereocenters. The number of carbonyl (C=O) groups is 1. The van der Waals surface area contributed by atoms with Crippen molar-refractivity contribution in [1.82, 2.24) is 4.90 Å². The van der Waals surface area contributed by atoms with Crippen LogP contribution in [0.25, 0.3) is 0 Å². The first kappa shape index (κ1) is 13.8. The normalized spacial score (nSPS) is 19.5. The molecule has 104 valence electrons. The Morgan fingerprint density at radius 1 is 1.58 bits per heavy atom. The second kappa shape index (κ2) is 6.02. The Kier molecular flexibility index (Phi) is 4.37. The smallest absolute Gasteiger partial charge is 0.260 e. The summed E-state index contributed by atoms with van der Waals surface area (Å²) in [4.78, 5) is 13.9. The van der Waals surface area contributed by atoms with Gasteiger partial charge < -0.3 is 14.7 Å². The van der Waals surface area contributed by atoms with Crippen LogP contribution in [0.4, 0.5) is 4.39 Å². The van der Waals surface area contributed by atoms with Gasteiger partial charge in [0, 0.05) is 20.2 Å². The molecule has 0 saturated carbocycles. The van der Waals surface area contributed by atoms with Gasteiger partial charge in [-0.05, 0) is 30.9 Å². The summed E-state index contributed by atoms with van der Waals surface area (Å²) < 4.78 is 18.8. The number of carbonyl (C=O) groups excluding carboxylic acids is 1. The molecule has 1 aromatic carbocycles. The number of ether oxygens (including phenoxy) is 1. The molecule has 5 heteroatoms. The molecular weight excluding hydrogens is 249 g/mol. The third kappa shape index (κ3) is 3.04. The zero-order chi connectivity index (χ0) is 13.8. The van der Waals surface area contributed by atoms with Crippen molar-refractivity contribution < 1.29 is 19.0 Å². The molecule has 1 unspecified atom stereocenters. The molecule has 1 fully saturated rings. The SMILES string of the molecule is COCC1CCCN(C(=O)c2c(O)cccc2F)C1. The molecular formula is C14H18FNO3. The maximum atomic E-state index is 13.7. The second-order valence-electron chi connectivity index (χ2n) is 4.85. The average molecular weight is 267 g/mol. The third-order valence-corrected chi connectivity index (χ3v) is 3.41. The van der Waals surface area contributed by atoms with E-state index in [9.17, 15) is 14.3 Å². The van der Waals surface area contributed by atoms with Crippen LogP contribution in [0.15, 0.2) is 18.2 Å². The van der Waals surface area contributed by atoms with E-state index in [0.717, 1.165) is 12.8 Å². The van der Waals surface area contributed by atoms with Crippen LogP contribution < -0.4 is 0 Å². The van der Waals surface area contributed by atoms with Gasteiger partial charge in [0.15, 0.2) is 0 Å². The van der Waals surface area contributed by atoms with Crippen LogP contribution >= 0.6 is 0 Å². The van der Waals surface area contributed by atoms with Gasteiger partial charge >= 0.3 is 0 Å². The summed E-state index contributed by atoms with van der Waals surface area (Å²) in [5.41, 5.74) is -0.236. The van der Waals surface area contributed by atoms with Gasteiger partial charge in [-0.2, -0.15) is 0 Å². The first-order chi connectivity index (χ1) is 9.13. The van der Waals surface area contributed by atoms with Crippen molar-refractivity contribution in [3.8, 4) is 5.75 Å². The minimum atomic E-state index is -0.682. The van der Waals surface area contributed by atoms with E-state index in [1.54, 1.807) is 12.0 Å². The zero-order valence-electron chi connectivity index (χ0n) is 10.9. The predicted molar refractivity (Wildman–Crippen MR) is 68.6 cm³/mol. The van der Waals surface area contributed by atoms with Crippen molar-refractivity contribution in [2.24, 2.45) is 5.92 Å². The van der Waals surface area contributed by atoms with Crippen LogP contribution in [0.5, 0.6) is 5.75 Å². The molecule has 1 aliphatic rings. The van der Waals surface area contributed by atoms with Crippen molar-refractivity contribution in [2.75, 3.05) is 26.8 Å². The van der Waals surface area contributed by atoms with E-state index in [4.69, 9.17) is 4.74 Å². The van der Waals surface area contributed by atoms with Gasteiger partial charge in [-0.3, -0.25) is 4.79 Å². The number of piperidine rings is 1. The van der Waals surface area contributed by atoms with E-state index in [2.05, 4.69) is 0 Å². The molecule has 0 aromatic heterocycles. The Morgan fingerprint density at radius 3 is 3.05 bits per heavy atom. The number of benzene rings is 1. The largest absolute Gasteiger partial charge is 0.507 e. The van der Waals surface area contributed by atoms with Gasteiger partial charge in [0.25, 0.3) is 5.91 Å². The number of phenols is 1. The fraction of sp³-hybridized carbons (Fsp3) is 0.500. The van der Waals surface area contributed by atoms with E-state index in [1.807, 2.05) is 0 Å². The fourth-order valence-electron chi connectivity index (χ4n) is 2.50. The molecule has 1 aromatic rings. The summed E-state index contributed by atoms with van der Waals surface area (Å²) >= 11 is 0. The summed E-state index contributed by atoms with van der Waals surface area (Å²) in [5, 5.41) is 9.65. The second-order valence-corrected chi connectivity index (χ2v) is 4.85. The van der Waals surface area contributed by atoms with Crippen molar-refractivity contribution in [3.63, 3.8) is 0 Å². The molecule has 19 heavy (non-hydrogen) atoms. The summed E-state index contributed by atoms with van der Waals surface area (Å²) in [6.45, 7) is 1.72. The van der Waals surface area contributed by atoms with E-state index >= 15 is 0 Å². The lowest BCUT2D eigenvalue weighted by molar-refractivity contribution is 0.0564. The van der Waals surface area contributed by atoms with E-state index in [0.29, 0.717) is 19.7 Å². The van der Waals surface area contributed by atoms with Gasteiger partial charge in [0.2, 0.25) is 0 Å². The molecule has 1 amide bonds. The number of amides is 1. The van der Waals surface area contributed by atoms with E-state index < -0.39 is 11.7 Å². The van der Waals surface area contributed by atoms with Gasteiger partial charge in [-0.15, -0.1) is 0 Å². The molecule has 1 heterocycles. The first-order valence-electron chi connectivity index (χ1n) is 6.39. The molecule has 1 saturated heterocycles. The van der Waals surface area contributed by atoms with Crippen LogP contribution in [0, 0.1) is 11.7 Å². The van der Waals surface area contributed by atoms with Gasteiger partial charge in [-0.1, -0.05) is 6.07 Å². The lowest BCUT2D eigenvalue weighted by atomic mass is 9.98. The quantitative estimate of drug-likeness (QED) is 0.911. The van der Waals surface area contributed by atoms with Crippen LogP contribution in [0.3, 0.4) is 0 Å². The van der Waals surface area contributed by atoms with Crippen molar-refractivity contribution >= 4 is 5.91 Å². The lowest BCUT2D eigenvalue weighted by Crippen LogP contribution is -2.41. The number of likely N-dealkylation sites (tertiary alicyclic amines) is 1. The topological polar surface area (TPSA) is 49.8 Å². The average Bonchev–Trinajstić information content (AvgIpc) is 2.39. The Hall–Kier alpha value is -1.62. The third-order valence-electron chi connectivity index (χ3n) is 3.41. The van der Waals surface area contributed by atoms with Crippen molar-refractivity contribution in [3.05, 3.63) is 29.6 Å². The first-order valence-corrected chi connectivity index (χ1v) is 6.39. The van der Waals surface area contributed by atoms with Gasteiger partial charge in [-0.25, -0.2) is 4.39 Å². The summed E-state index contributed by atoms with van der Waals surface area (Å²) in [7, 11) is 1.63. The maximum absolute atomic E-state index is 13.7. The minimum absolute atomic E-state index is 0.236. The zero-order valence-corrected chi connectivity index (χ0v) is 10.9. The molecule has 4 nitrogen and oxygen atoms in total. The van der Waals surface area contributed by atoms with Crippen molar-refractivity contribution in [2.45, 2.75) is 12.8 Å². The Morgan fingerprint density at radius 2 is 2.37 bits per heavy atom. The Balaban J connectivity index is 2.15. The number of halogens is 1. The number of aromatic hydroxyl groups is 1. The van der Waals surface area contributed by atoms with Crippen LogP contribution in [-0.2, 0) is 4.74 Å². The van der Waals surface area contributed by atoms with Crippen LogP contribution in [0.1, 0.15) is 23.2 Å². The van der Waals surface area contributed by atoms with E-state index in [1.165, 1.54) is 18.2 Å². The van der Waals surface area contributed by atoms with Crippen LogP contribution in [-0.4, -0.2) is 42.7 Å². The van der Waals surface area contributed by atoms with Crippen LogP contribution in [0.2, 0.25) is 0 Å². The fourth-order valence-corrected chi connectivity index (χ4v) is 2.50. The molecule has 0 radical (unpaired) electrons. The number of nitrogens with zero attached hydrogens (tertiary/aromatic N) is 1. The monoisotopic (exact) mass is 267 g/mol. The number of phenolic OH excluding ortho intramolecular Hbond substituents is 1. The summed E-state index contributed by atoms with van der Waals surface area (Å²) in [5.74, 6) is -1.16. The molecule has 0 spiro atoms. The van der Waals surface area contributed by atoms with E-state index in [-0.39, 0.29) is 17.2 Å². The number of hydrogen-bond donors (Lipinski definition) is 1. The molecule has 0 aliphatic carbocycles. The molecule has 1 aliphatic heterocycles. The standard InChI is InChI=1S/C14H18FNO3/c1-19-9-10-4-3-7-16(8-10)14(18)13-11(15)5-2-6-12(13)17/h2,5-6,10,17H,3-4,7-9H2,1H3. The maximum Gasteiger partial charge on any atom is 0.260 e. The van der Waals surface area contributed by atoms with Gasteiger partial charge in [0.05, 0.1) is 6.61 Å². The highest BCUT2D eigenvalue weighted by Gasteiger charge is 2.27. The highest BCUT2D eigenvalue weighted by molar-refractivity contribution is 5.97. The number of rotatable bonds is 3. The lowest BCUT2D eigenvalue weighted by Gasteiger charge is -2.32. The Bertz CT molecular complexity index is 442. The molecule has 0 bridgehead atoms. The highest BCUT2D eigenvalue weighted by Crippen LogP contribution is 2.25. The number of methoxy groups -OCH3 is 1. The highest BCUT2D eigenvalue weighted by atomic mass is 19.1.